The summed E-state index contributed by atoms with van der Waals surface area (Å²) in [4.78, 5) is 18.5. The number of rotatable bonds is 7. The number of likely N-dealkylation sites (N-methyl/N-ethyl adjacent to an activating group) is 2. The van der Waals surface area contributed by atoms with E-state index >= 15 is 0 Å². The molecule has 1 aliphatic rings. The molecule has 7 heteroatoms. The molecule has 1 saturated heterocycles. The topological polar surface area (TPSA) is 47.0 Å². The Bertz CT molecular complexity index is 598. The Labute approximate surface area is 147 Å². The van der Waals surface area contributed by atoms with Gasteiger partial charge < -0.3 is 19.8 Å². The summed E-state index contributed by atoms with van der Waals surface area (Å²) in [5, 5.41) is 9.64. The summed E-state index contributed by atoms with van der Waals surface area (Å²) >= 11 is 0. The minimum atomic E-state index is -1.02. The molecule has 2 atom stereocenters. The van der Waals surface area contributed by atoms with Crippen molar-refractivity contribution in [3.63, 3.8) is 0 Å². The maximum Gasteiger partial charge on any atom is 0.253 e. The number of aliphatic hydroxyl groups is 1. The predicted molar refractivity (Wildman–Crippen MR) is 92.4 cm³/mol. The number of benzene rings is 1. The van der Waals surface area contributed by atoms with Crippen LogP contribution in [0.25, 0.3) is 0 Å². The molecule has 1 aliphatic heterocycles. The summed E-state index contributed by atoms with van der Waals surface area (Å²) in [7, 11) is 6.06. The molecule has 140 valence electrons. The summed E-state index contributed by atoms with van der Waals surface area (Å²) in [6.45, 7) is 3.56. The van der Waals surface area contributed by atoms with E-state index in [4.69, 9.17) is 0 Å². The Hall–Kier alpha value is -1.57. The average molecular weight is 355 g/mol. The summed E-state index contributed by atoms with van der Waals surface area (Å²) in [5.74, 6) is -2.16. The van der Waals surface area contributed by atoms with Gasteiger partial charge in [0.05, 0.1) is 0 Å². The molecule has 0 aromatic heterocycles. The molecule has 1 aromatic carbocycles. The molecule has 0 aliphatic carbocycles. The lowest BCUT2D eigenvalue weighted by Gasteiger charge is -2.25. The Morgan fingerprint density at radius 3 is 2.44 bits per heavy atom. The minimum absolute atomic E-state index is 0.00366. The Kier molecular flexibility index (Phi) is 6.87. The van der Waals surface area contributed by atoms with Crippen molar-refractivity contribution in [2.75, 3.05) is 60.5 Å². The Balaban J connectivity index is 1.99. The highest BCUT2D eigenvalue weighted by molar-refractivity contribution is 5.94. The van der Waals surface area contributed by atoms with Gasteiger partial charge in [-0.1, -0.05) is 0 Å². The minimum Gasteiger partial charge on any atom is -0.396 e. The van der Waals surface area contributed by atoms with Gasteiger partial charge in [0.15, 0.2) is 11.6 Å². The Morgan fingerprint density at radius 1 is 1.16 bits per heavy atom. The zero-order valence-corrected chi connectivity index (χ0v) is 15.1. The van der Waals surface area contributed by atoms with Crippen molar-refractivity contribution in [2.45, 2.75) is 0 Å². The number of nitrogens with zero attached hydrogens (tertiary/aromatic N) is 3. The van der Waals surface area contributed by atoms with Crippen molar-refractivity contribution in [3.8, 4) is 0 Å². The molecule has 1 heterocycles. The predicted octanol–water partition coefficient (Wildman–Crippen LogP) is 1.14. The summed E-state index contributed by atoms with van der Waals surface area (Å²) < 4.78 is 26.4. The van der Waals surface area contributed by atoms with E-state index in [0.29, 0.717) is 13.1 Å². The highest BCUT2D eigenvalue weighted by Gasteiger charge is 2.35. The number of aliphatic hydroxyl groups excluding tert-OH is 1. The molecule has 0 spiro atoms. The molecule has 1 amide bonds. The number of hydrogen-bond acceptors (Lipinski definition) is 4. The number of amides is 1. The standard InChI is InChI=1S/C18H27F2N3O2/c1-21(2)6-7-22(3)9-14-10-23(11-15(14)12-24)18(25)13-4-5-16(19)17(20)8-13/h4-5,8,14-15,24H,6-7,9-12H2,1-3H3/t14-,15-/m1/s1. The molecule has 25 heavy (non-hydrogen) atoms. The first kappa shape index (κ1) is 19.8. The average Bonchev–Trinajstić information content (AvgIpc) is 2.97. The molecule has 0 unspecified atom stereocenters. The first-order valence-electron chi connectivity index (χ1n) is 8.50. The molecule has 1 N–H and O–H groups in total. The lowest BCUT2D eigenvalue weighted by molar-refractivity contribution is 0.0778. The number of halogens is 2. The van der Waals surface area contributed by atoms with E-state index in [1.54, 1.807) is 4.90 Å². The second-order valence-electron chi connectivity index (χ2n) is 7.11. The quantitative estimate of drug-likeness (QED) is 0.797. The first-order chi connectivity index (χ1) is 11.8. The van der Waals surface area contributed by atoms with Gasteiger partial charge in [0.2, 0.25) is 0 Å². The van der Waals surface area contributed by atoms with Gasteiger partial charge in [0, 0.05) is 50.8 Å². The van der Waals surface area contributed by atoms with Crippen LogP contribution in [-0.4, -0.2) is 86.2 Å². The highest BCUT2D eigenvalue weighted by Crippen LogP contribution is 2.25. The van der Waals surface area contributed by atoms with E-state index in [1.807, 2.05) is 21.1 Å². The van der Waals surface area contributed by atoms with Gasteiger partial charge in [-0.2, -0.15) is 0 Å². The van der Waals surface area contributed by atoms with Gasteiger partial charge >= 0.3 is 0 Å². The summed E-state index contributed by atoms with van der Waals surface area (Å²) in [6, 6.07) is 3.20. The molecule has 5 nitrogen and oxygen atoms in total. The number of carbonyl (C=O) groups excluding carboxylic acids is 1. The fourth-order valence-corrected chi connectivity index (χ4v) is 3.19. The Morgan fingerprint density at radius 2 is 1.84 bits per heavy atom. The number of hydrogen-bond donors (Lipinski definition) is 1. The largest absolute Gasteiger partial charge is 0.396 e. The van der Waals surface area contributed by atoms with Crippen LogP contribution in [0, 0.1) is 23.5 Å². The van der Waals surface area contributed by atoms with Crippen molar-refractivity contribution in [1.29, 1.82) is 0 Å². The molecule has 0 radical (unpaired) electrons. The SMILES string of the molecule is CN(C)CCN(C)C[C@@H]1CN(C(=O)c2ccc(F)c(F)c2)C[C@@H]1CO. The monoisotopic (exact) mass is 355 g/mol. The third-order valence-electron chi connectivity index (χ3n) is 4.74. The van der Waals surface area contributed by atoms with Gasteiger partial charge in [-0.15, -0.1) is 0 Å². The van der Waals surface area contributed by atoms with E-state index in [9.17, 15) is 18.7 Å². The lowest BCUT2D eigenvalue weighted by atomic mass is 9.96. The second-order valence-corrected chi connectivity index (χ2v) is 7.11. The second kappa shape index (κ2) is 8.69. The summed E-state index contributed by atoms with van der Waals surface area (Å²) in [5.41, 5.74) is 0.136. The van der Waals surface area contributed by atoms with E-state index in [2.05, 4.69) is 9.80 Å². The first-order valence-corrected chi connectivity index (χ1v) is 8.50. The molecular weight excluding hydrogens is 328 g/mol. The normalized spacial score (nSPS) is 20.7. The van der Waals surface area contributed by atoms with E-state index < -0.39 is 11.6 Å². The lowest BCUT2D eigenvalue weighted by Crippen LogP contribution is -2.35. The highest BCUT2D eigenvalue weighted by atomic mass is 19.2. The molecule has 0 bridgehead atoms. The fraction of sp³-hybridized carbons (Fsp3) is 0.611. The maximum atomic E-state index is 13.4. The van der Waals surface area contributed by atoms with Crippen LogP contribution in [0.15, 0.2) is 18.2 Å². The zero-order chi connectivity index (χ0) is 18.6. The van der Waals surface area contributed by atoms with Crippen LogP contribution in [0.4, 0.5) is 8.78 Å². The van der Waals surface area contributed by atoms with Crippen LogP contribution in [0.2, 0.25) is 0 Å². The van der Waals surface area contributed by atoms with Gasteiger partial charge in [0.1, 0.15) is 0 Å². The van der Waals surface area contributed by atoms with Gasteiger partial charge in [-0.3, -0.25) is 4.79 Å². The van der Waals surface area contributed by atoms with Gasteiger partial charge in [-0.05, 0) is 45.3 Å². The summed E-state index contributed by atoms with van der Waals surface area (Å²) in [6.07, 6.45) is 0. The van der Waals surface area contributed by atoms with Crippen LogP contribution in [0.5, 0.6) is 0 Å². The van der Waals surface area contributed by atoms with E-state index in [0.717, 1.165) is 31.8 Å². The van der Waals surface area contributed by atoms with E-state index in [1.165, 1.54) is 6.07 Å². The maximum absolute atomic E-state index is 13.4. The number of carbonyl (C=O) groups is 1. The van der Waals surface area contributed by atoms with Crippen molar-refractivity contribution in [3.05, 3.63) is 35.4 Å². The zero-order valence-electron chi connectivity index (χ0n) is 15.1. The molecule has 1 fully saturated rings. The van der Waals surface area contributed by atoms with Gasteiger partial charge in [-0.25, -0.2) is 8.78 Å². The van der Waals surface area contributed by atoms with Gasteiger partial charge in [0.25, 0.3) is 5.91 Å². The molecule has 0 saturated carbocycles. The van der Waals surface area contributed by atoms with Crippen LogP contribution in [-0.2, 0) is 0 Å². The molecule has 2 rings (SSSR count). The van der Waals surface area contributed by atoms with Crippen molar-refractivity contribution < 1.29 is 18.7 Å². The third kappa shape index (κ3) is 5.20. The van der Waals surface area contributed by atoms with Crippen LogP contribution in [0.1, 0.15) is 10.4 Å². The fourth-order valence-electron chi connectivity index (χ4n) is 3.19. The molecule has 1 aromatic rings. The number of likely N-dealkylation sites (tertiary alicyclic amines) is 1. The van der Waals surface area contributed by atoms with Crippen molar-refractivity contribution in [2.24, 2.45) is 11.8 Å². The third-order valence-corrected chi connectivity index (χ3v) is 4.74. The van der Waals surface area contributed by atoms with Crippen LogP contribution < -0.4 is 0 Å². The van der Waals surface area contributed by atoms with E-state index in [-0.39, 0.29) is 29.9 Å². The van der Waals surface area contributed by atoms with Crippen molar-refractivity contribution in [1.82, 2.24) is 14.7 Å². The van der Waals surface area contributed by atoms with Crippen LogP contribution >= 0.6 is 0 Å². The molecular formula is C18H27F2N3O2. The van der Waals surface area contributed by atoms with Crippen LogP contribution in [0.3, 0.4) is 0 Å². The van der Waals surface area contributed by atoms with Crippen molar-refractivity contribution >= 4 is 5.91 Å². The smallest absolute Gasteiger partial charge is 0.253 e.